The average Bonchev–Trinajstić information content (AvgIpc) is 2.60. The summed E-state index contributed by atoms with van der Waals surface area (Å²) in [6, 6.07) is 2.81. The van der Waals surface area contributed by atoms with Crippen molar-refractivity contribution in [3.05, 3.63) is 17.7 Å². The second-order valence-corrected chi connectivity index (χ2v) is 5.57. The lowest BCUT2D eigenvalue weighted by Crippen LogP contribution is -2.60. The van der Waals surface area contributed by atoms with Gasteiger partial charge in [0, 0.05) is 12.1 Å². The summed E-state index contributed by atoms with van der Waals surface area (Å²) in [5.41, 5.74) is 0.228. The summed E-state index contributed by atoms with van der Waals surface area (Å²) in [6.45, 7) is 0.791. The molecule has 5 atom stereocenters. The van der Waals surface area contributed by atoms with Gasteiger partial charge in [0.2, 0.25) is 6.29 Å². The highest BCUT2D eigenvalue weighted by atomic mass is 16.7. The molecule has 0 bridgehead atoms. The van der Waals surface area contributed by atoms with Gasteiger partial charge < -0.3 is 39.4 Å². The van der Waals surface area contributed by atoms with Crippen LogP contribution in [0.5, 0.6) is 17.2 Å². The average molecular weight is 358 g/mol. The number of carbonyl (C=O) groups is 1. The molecule has 9 nitrogen and oxygen atoms in total. The van der Waals surface area contributed by atoms with Crippen LogP contribution in [0.4, 0.5) is 0 Å². The van der Waals surface area contributed by atoms with Gasteiger partial charge in [-0.25, -0.2) is 0 Å². The van der Waals surface area contributed by atoms with Gasteiger partial charge in [0.25, 0.3) is 0 Å². The van der Waals surface area contributed by atoms with Crippen LogP contribution in [-0.4, -0.2) is 77.7 Å². The number of carbonyl (C=O) groups excluding carboxylic acids is 1. The molecule has 1 aromatic rings. The Labute approximate surface area is 144 Å². The molecule has 0 aromatic heterocycles. The topological polar surface area (TPSA) is 135 Å². The van der Waals surface area contributed by atoms with Crippen molar-refractivity contribution in [2.75, 3.05) is 20.8 Å². The molecule has 1 aromatic carbocycles. The smallest absolute Gasteiger partial charge is 0.229 e. The third kappa shape index (κ3) is 3.86. The Kier molecular flexibility index (Phi) is 6.20. The Morgan fingerprint density at radius 1 is 1.08 bits per heavy atom. The first-order valence-corrected chi connectivity index (χ1v) is 7.58. The Balaban J connectivity index is 2.31. The minimum Gasteiger partial charge on any atom is -0.496 e. The first-order chi connectivity index (χ1) is 11.8. The second-order valence-electron chi connectivity index (χ2n) is 5.57. The van der Waals surface area contributed by atoms with Crippen LogP contribution in [0.2, 0.25) is 0 Å². The molecule has 25 heavy (non-hydrogen) atoms. The van der Waals surface area contributed by atoms with Crippen LogP contribution in [0, 0.1) is 0 Å². The summed E-state index contributed by atoms with van der Waals surface area (Å²) in [7, 11) is 2.75. The van der Waals surface area contributed by atoms with E-state index in [9.17, 15) is 25.2 Å². The first-order valence-electron chi connectivity index (χ1n) is 7.58. The SMILES string of the molecule is COc1cc(O[C@@H]2O[C@H](CO)[C@@H](O)[C@H](O)[C@H]2O)cc(OC)c1C(C)=O. The maximum absolute atomic E-state index is 11.8. The van der Waals surface area contributed by atoms with E-state index in [4.69, 9.17) is 18.9 Å². The summed E-state index contributed by atoms with van der Waals surface area (Å²) in [5.74, 6) is 0.272. The highest BCUT2D eigenvalue weighted by molar-refractivity contribution is 6.00. The number of ether oxygens (including phenoxy) is 4. The zero-order valence-corrected chi connectivity index (χ0v) is 14.1. The number of Topliss-reactive ketones (excluding diaryl/α,β-unsaturated/α-hetero) is 1. The summed E-state index contributed by atoms with van der Waals surface area (Å²) in [4.78, 5) is 11.8. The third-order valence-corrected chi connectivity index (χ3v) is 3.93. The van der Waals surface area contributed by atoms with Gasteiger partial charge in [0.05, 0.1) is 20.8 Å². The molecule has 2 rings (SSSR count). The molecule has 9 heteroatoms. The zero-order valence-electron chi connectivity index (χ0n) is 14.1. The fourth-order valence-electron chi connectivity index (χ4n) is 2.60. The van der Waals surface area contributed by atoms with Crippen LogP contribution in [-0.2, 0) is 4.74 Å². The van der Waals surface area contributed by atoms with Gasteiger partial charge in [-0.15, -0.1) is 0 Å². The highest BCUT2D eigenvalue weighted by Crippen LogP contribution is 2.35. The predicted octanol–water partition coefficient (Wildman–Crippen LogP) is -0.915. The lowest BCUT2D eigenvalue weighted by atomic mass is 9.99. The van der Waals surface area contributed by atoms with Crippen LogP contribution >= 0.6 is 0 Å². The lowest BCUT2D eigenvalue weighted by molar-refractivity contribution is -0.277. The number of aliphatic hydroxyl groups is 4. The molecule has 1 aliphatic heterocycles. The van der Waals surface area contributed by atoms with Gasteiger partial charge in [-0.3, -0.25) is 4.79 Å². The third-order valence-electron chi connectivity index (χ3n) is 3.93. The molecule has 1 fully saturated rings. The highest BCUT2D eigenvalue weighted by Gasteiger charge is 2.44. The van der Waals surface area contributed by atoms with Crippen LogP contribution in [0.1, 0.15) is 17.3 Å². The van der Waals surface area contributed by atoms with E-state index in [1.807, 2.05) is 0 Å². The van der Waals surface area contributed by atoms with Crippen molar-refractivity contribution in [3.63, 3.8) is 0 Å². The van der Waals surface area contributed by atoms with Crippen molar-refractivity contribution in [2.24, 2.45) is 0 Å². The number of rotatable bonds is 6. The Morgan fingerprint density at radius 3 is 2.08 bits per heavy atom. The van der Waals surface area contributed by atoms with E-state index in [0.717, 1.165) is 0 Å². The summed E-state index contributed by atoms with van der Waals surface area (Å²) >= 11 is 0. The Morgan fingerprint density at radius 2 is 1.64 bits per heavy atom. The molecular weight excluding hydrogens is 336 g/mol. The van der Waals surface area contributed by atoms with E-state index in [2.05, 4.69) is 0 Å². The molecule has 0 unspecified atom stereocenters. The van der Waals surface area contributed by atoms with Gasteiger partial charge >= 0.3 is 0 Å². The molecule has 1 heterocycles. The van der Waals surface area contributed by atoms with Crippen molar-refractivity contribution in [3.8, 4) is 17.2 Å². The van der Waals surface area contributed by atoms with E-state index in [-0.39, 0.29) is 28.6 Å². The molecule has 0 amide bonds. The number of methoxy groups -OCH3 is 2. The number of ketones is 1. The quantitative estimate of drug-likeness (QED) is 0.476. The molecule has 1 saturated heterocycles. The van der Waals surface area contributed by atoms with Gasteiger partial charge in [-0.05, 0) is 6.92 Å². The summed E-state index contributed by atoms with van der Waals surface area (Å²) in [5, 5.41) is 38.8. The number of aliphatic hydroxyl groups excluding tert-OH is 4. The molecule has 0 radical (unpaired) electrons. The maximum atomic E-state index is 11.8. The van der Waals surface area contributed by atoms with E-state index in [1.165, 1.54) is 33.3 Å². The number of benzene rings is 1. The second kappa shape index (κ2) is 7.98. The minimum absolute atomic E-state index is 0.142. The normalized spacial score (nSPS) is 29.2. The largest absolute Gasteiger partial charge is 0.496 e. The summed E-state index contributed by atoms with van der Waals surface area (Å²) in [6.07, 6.45) is -7.04. The number of hydrogen-bond donors (Lipinski definition) is 4. The molecule has 0 spiro atoms. The van der Waals surface area contributed by atoms with Crippen molar-refractivity contribution in [1.29, 1.82) is 0 Å². The zero-order chi connectivity index (χ0) is 18.7. The van der Waals surface area contributed by atoms with Crippen molar-refractivity contribution >= 4 is 5.78 Å². The van der Waals surface area contributed by atoms with Gasteiger partial charge in [-0.2, -0.15) is 0 Å². The minimum atomic E-state index is -1.56. The maximum Gasteiger partial charge on any atom is 0.229 e. The molecule has 0 saturated carbocycles. The molecular formula is C16H22O9. The fourth-order valence-corrected chi connectivity index (χ4v) is 2.60. The van der Waals surface area contributed by atoms with Gasteiger partial charge in [0.15, 0.2) is 5.78 Å². The van der Waals surface area contributed by atoms with Crippen molar-refractivity contribution in [1.82, 2.24) is 0 Å². The lowest BCUT2D eigenvalue weighted by Gasteiger charge is -2.39. The molecule has 0 aliphatic carbocycles. The fraction of sp³-hybridized carbons (Fsp3) is 0.562. The van der Waals surface area contributed by atoms with Crippen LogP contribution in [0.25, 0.3) is 0 Å². The van der Waals surface area contributed by atoms with Crippen molar-refractivity contribution < 1.29 is 44.2 Å². The standard InChI is InChI=1S/C16H22O9/c1-7(18)12-9(22-2)4-8(5-10(12)23-3)24-16-15(21)14(20)13(19)11(6-17)25-16/h4-5,11,13-17,19-21H,6H2,1-3H3/t11-,13-,14+,15-,16-/m1/s1. The first kappa shape index (κ1) is 19.4. The van der Waals surface area contributed by atoms with E-state index in [0.29, 0.717) is 0 Å². The molecule has 4 N–H and O–H groups in total. The Bertz CT molecular complexity index is 591. The van der Waals surface area contributed by atoms with Crippen LogP contribution in [0.3, 0.4) is 0 Å². The van der Waals surface area contributed by atoms with Crippen LogP contribution in [0.15, 0.2) is 12.1 Å². The van der Waals surface area contributed by atoms with E-state index in [1.54, 1.807) is 0 Å². The van der Waals surface area contributed by atoms with E-state index < -0.39 is 37.3 Å². The van der Waals surface area contributed by atoms with Crippen LogP contribution < -0.4 is 14.2 Å². The number of hydrogen-bond acceptors (Lipinski definition) is 9. The predicted molar refractivity (Wildman–Crippen MR) is 83.9 cm³/mol. The Hall–Kier alpha value is -1.91. The monoisotopic (exact) mass is 358 g/mol. The summed E-state index contributed by atoms with van der Waals surface area (Å²) < 4.78 is 21.1. The van der Waals surface area contributed by atoms with Gasteiger partial charge in [-0.1, -0.05) is 0 Å². The van der Waals surface area contributed by atoms with E-state index >= 15 is 0 Å². The molecule has 140 valence electrons. The molecule has 1 aliphatic rings. The van der Waals surface area contributed by atoms with Gasteiger partial charge in [0.1, 0.15) is 47.2 Å². The van der Waals surface area contributed by atoms with Crippen molar-refractivity contribution in [2.45, 2.75) is 37.6 Å².